The maximum Gasteiger partial charge on any atom is 0.247 e. The maximum absolute atomic E-state index is 13.3. The second kappa shape index (κ2) is 9.30. The average molecular weight is 460 g/mol. The number of sulfonamides is 1. The number of amides is 2. The van der Waals surface area contributed by atoms with E-state index in [1.54, 1.807) is 19.1 Å². The zero-order valence-corrected chi connectivity index (χ0v) is 19.6. The smallest absolute Gasteiger partial charge is 0.247 e. The fraction of sp³-hybridized carbons (Fsp3) is 0.391. The number of piperazine rings is 1. The Balaban J connectivity index is 1.89. The van der Waals surface area contributed by atoms with Gasteiger partial charge in [-0.15, -0.1) is 0 Å². The minimum Gasteiger partial charge on any atom is -0.497 e. The van der Waals surface area contributed by atoms with E-state index in [1.165, 1.54) is 24.1 Å². The summed E-state index contributed by atoms with van der Waals surface area (Å²) < 4.78 is 32.7. The number of ether oxygens (including phenoxy) is 1. The number of nitrogens with zero attached hydrogens (tertiary/aromatic N) is 2. The number of carbonyl (C=O) groups excluding carboxylic acids is 2. The minimum atomic E-state index is -3.99. The lowest BCUT2D eigenvalue weighted by atomic mass is 9.93. The molecule has 1 aliphatic rings. The molecule has 8 nitrogen and oxygen atoms in total. The van der Waals surface area contributed by atoms with Gasteiger partial charge in [0.1, 0.15) is 11.3 Å². The number of hydrogen-bond donors (Lipinski definition) is 1. The molecule has 172 valence electrons. The molecule has 2 aromatic rings. The van der Waals surface area contributed by atoms with Gasteiger partial charge in [0.2, 0.25) is 21.8 Å². The number of rotatable bonds is 7. The molecule has 9 heteroatoms. The van der Waals surface area contributed by atoms with Gasteiger partial charge in [0.05, 0.1) is 18.6 Å². The fourth-order valence-electron chi connectivity index (χ4n) is 4.05. The van der Waals surface area contributed by atoms with Crippen LogP contribution in [0.3, 0.4) is 0 Å². The Labute approximate surface area is 189 Å². The molecule has 0 unspecified atom stereocenters. The van der Waals surface area contributed by atoms with Crippen LogP contribution >= 0.6 is 0 Å². The quantitative estimate of drug-likeness (QED) is 0.683. The first-order chi connectivity index (χ1) is 15.1. The summed E-state index contributed by atoms with van der Waals surface area (Å²) in [5, 5.41) is 2.87. The van der Waals surface area contributed by atoms with E-state index in [4.69, 9.17) is 4.74 Å². The summed E-state index contributed by atoms with van der Waals surface area (Å²) >= 11 is 0. The van der Waals surface area contributed by atoms with Gasteiger partial charge in [0, 0.05) is 19.1 Å². The molecule has 0 spiro atoms. The Morgan fingerprint density at radius 1 is 1.12 bits per heavy atom. The summed E-state index contributed by atoms with van der Waals surface area (Å²) in [5.41, 5.74) is -0.456. The van der Waals surface area contributed by atoms with Gasteiger partial charge in [-0.1, -0.05) is 30.3 Å². The highest BCUT2D eigenvalue weighted by Gasteiger charge is 2.51. The lowest BCUT2D eigenvalue weighted by Gasteiger charge is -2.48. The molecule has 3 rings (SSSR count). The zero-order chi connectivity index (χ0) is 23.5. The van der Waals surface area contributed by atoms with E-state index in [0.717, 1.165) is 9.87 Å². The van der Waals surface area contributed by atoms with Crippen LogP contribution in [0.1, 0.15) is 26.3 Å². The first-order valence-electron chi connectivity index (χ1n) is 10.4. The predicted octanol–water partition coefficient (Wildman–Crippen LogP) is 2.01. The standard InChI is InChI=1S/C23H29N3O5S/c1-17(2)26-21(27)15-25(32(29,30)20-12-10-19(31-4)11-13-20)16-23(26,3)22(28)24-14-18-8-6-5-7-9-18/h5-13,17H,14-16H2,1-4H3,(H,24,28)/t23-/m1/s1. The van der Waals surface area contributed by atoms with Gasteiger partial charge >= 0.3 is 0 Å². The Bertz CT molecular complexity index is 1070. The molecule has 0 aliphatic carbocycles. The lowest BCUT2D eigenvalue weighted by molar-refractivity contribution is -0.155. The third-order valence-corrected chi connectivity index (χ3v) is 7.40. The first kappa shape index (κ1) is 23.7. The molecule has 32 heavy (non-hydrogen) atoms. The summed E-state index contributed by atoms with van der Waals surface area (Å²) in [6, 6.07) is 15.1. The van der Waals surface area contributed by atoms with Crippen LogP contribution in [0.15, 0.2) is 59.5 Å². The van der Waals surface area contributed by atoms with Crippen LogP contribution in [0.5, 0.6) is 5.75 Å². The van der Waals surface area contributed by atoms with Crippen LogP contribution in [-0.2, 0) is 26.2 Å². The minimum absolute atomic E-state index is 0.0381. The van der Waals surface area contributed by atoms with Gasteiger partial charge in [-0.25, -0.2) is 8.42 Å². The van der Waals surface area contributed by atoms with Crippen LogP contribution < -0.4 is 10.1 Å². The molecular weight excluding hydrogens is 430 g/mol. The molecule has 2 amide bonds. The van der Waals surface area contributed by atoms with E-state index in [2.05, 4.69) is 5.32 Å². The third kappa shape index (κ3) is 4.63. The molecule has 1 fully saturated rings. The number of hydrogen-bond acceptors (Lipinski definition) is 5. The van der Waals surface area contributed by atoms with Crippen molar-refractivity contribution >= 4 is 21.8 Å². The topological polar surface area (TPSA) is 96.0 Å². The normalized spacial score (nSPS) is 19.8. The molecule has 1 aliphatic heterocycles. The molecular formula is C23H29N3O5S. The SMILES string of the molecule is COc1ccc(S(=O)(=O)N2CC(=O)N(C(C)C)[C@@](C)(C(=O)NCc3ccccc3)C2)cc1. The van der Waals surface area contributed by atoms with Gasteiger partial charge in [0.15, 0.2) is 0 Å². The van der Waals surface area contributed by atoms with Crippen molar-refractivity contribution in [2.45, 2.75) is 43.8 Å². The summed E-state index contributed by atoms with van der Waals surface area (Å²) in [6.07, 6.45) is 0. The van der Waals surface area contributed by atoms with Gasteiger partial charge in [0.25, 0.3) is 0 Å². The molecule has 0 radical (unpaired) electrons. The second-order valence-corrected chi connectivity index (χ2v) is 10.2. The highest BCUT2D eigenvalue weighted by Crippen LogP contribution is 2.30. The number of nitrogens with one attached hydrogen (secondary N) is 1. The molecule has 1 heterocycles. The summed E-state index contributed by atoms with van der Waals surface area (Å²) in [4.78, 5) is 27.9. The lowest BCUT2D eigenvalue weighted by Crippen LogP contribution is -2.71. The van der Waals surface area contributed by atoms with Gasteiger partial charge < -0.3 is 15.0 Å². The predicted molar refractivity (Wildman–Crippen MR) is 120 cm³/mol. The van der Waals surface area contributed by atoms with Crippen molar-refractivity contribution in [3.8, 4) is 5.75 Å². The van der Waals surface area contributed by atoms with E-state index in [1.807, 2.05) is 44.2 Å². The molecule has 0 saturated carbocycles. The van der Waals surface area contributed by atoms with Gasteiger partial charge in [-0.2, -0.15) is 4.31 Å². The van der Waals surface area contributed by atoms with Crippen LogP contribution in [-0.4, -0.2) is 61.2 Å². The van der Waals surface area contributed by atoms with Crippen molar-refractivity contribution in [3.63, 3.8) is 0 Å². The largest absolute Gasteiger partial charge is 0.497 e. The molecule has 1 atom stereocenters. The summed E-state index contributed by atoms with van der Waals surface area (Å²) in [5.74, 6) is -0.298. The second-order valence-electron chi connectivity index (χ2n) is 8.25. The zero-order valence-electron chi connectivity index (χ0n) is 18.7. The van der Waals surface area contributed by atoms with E-state index in [-0.39, 0.29) is 30.6 Å². The summed E-state index contributed by atoms with van der Waals surface area (Å²) in [7, 11) is -2.50. The summed E-state index contributed by atoms with van der Waals surface area (Å²) in [6.45, 7) is 5.05. The first-order valence-corrected chi connectivity index (χ1v) is 11.8. The fourth-order valence-corrected chi connectivity index (χ4v) is 5.53. The number of benzene rings is 2. The molecule has 1 N–H and O–H groups in total. The monoisotopic (exact) mass is 459 g/mol. The van der Waals surface area contributed by atoms with Crippen molar-refractivity contribution in [1.29, 1.82) is 0 Å². The van der Waals surface area contributed by atoms with Crippen molar-refractivity contribution in [2.24, 2.45) is 0 Å². The van der Waals surface area contributed by atoms with Crippen molar-refractivity contribution in [1.82, 2.24) is 14.5 Å². The maximum atomic E-state index is 13.3. The van der Waals surface area contributed by atoms with Gasteiger partial charge in [-0.05, 0) is 50.6 Å². The van der Waals surface area contributed by atoms with E-state index >= 15 is 0 Å². The van der Waals surface area contributed by atoms with Crippen LogP contribution in [0.2, 0.25) is 0 Å². The number of carbonyl (C=O) groups is 2. The van der Waals surface area contributed by atoms with E-state index in [0.29, 0.717) is 5.75 Å². The van der Waals surface area contributed by atoms with Crippen LogP contribution in [0.25, 0.3) is 0 Å². The van der Waals surface area contributed by atoms with E-state index in [9.17, 15) is 18.0 Å². The highest BCUT2D eigenvalue weighted by molar-refractivity contribution is 7.89. The van der Waals surface area contributed by atoms with Gasteiger partial charge in [-0.3, -0.25) is 9.59 Å². The Kier molecular flexibility index (Phi) is 6.90. The number of methoxy groups -OCH3 is 1. The molecule has 0 bridgehead atoms. The van der Waals surface area contributed by atoms with Crippen LogP contribution in [0.4, 0.5) is 0 Å². The molecule has 1 saturated heterocycles. The Hall–Kier alpha value is -2.91. The van der Waals surface area contributed by atoms with Crippen molar-refractivity contribution in [2.75, 3.05) is 20.2 Å². The third-order valence-electron chi connectivity index (χ3n) is 5.59. The van der Waals surface area contributed by atoms with Crippen molar-refractivity contribution < 1.29 is 22.7 Å². The Morgan fingerprint density at radius 2 is 1.75 bits per heavy atom. The molecule has 0 aromatic heterocycles. The van der Waals surface area contributed by atoms with Crippen LogP contribution in [0, 0.1) is 0 Å². The average Bonchev–Trinajstić information content (AvgIpc) is 2.77. The van der Waals surface area contributed by atoms with Crippen molar-refractivity contribution in [3.05, 3.63) is 60.2 Å². The molecule has 2 aromatic carbocycles. The highest BCUT2D eigenvalue weighted by atomic mass is 32.2. The van der Waals surface area contributed by atoms with E-state index < -0.39 is 27.4 Å². The Morgan fingerprint density at radius 3 is 2.31 bits per heavy atom.